The highest BCUT2D eigenvalue weighted by Gasteiger charge is 2.08. The molecule has 0 saturated carbocycles. The smallest absolute Gasteiger partial charge is 0.322 e. The molecule has 7 nitrogen and oxygen atoms in total. The number of aryl methyl sites for hydroxylation is 1. The van der Waals surface area contributed by atoms with Gasteiger partial charge in [0, 0.05) is 4.47 Å². The standard InChI is InChI=1S/C11H13BrN6O/c1-6-3-4-7(12)8(5-6)14-9-15-10(18-13)17-11(16-9)19-2/h3-5H,13H2,1-2H3,(H2,14,15,16,17,18). The van der Waals surface area contributed by atoms with Crippen molar-refractivity contribution in [2.75, 3.05) is 17.9 Å². The minimum Gasteiger partial charge on any atom is -0.467 e. The molecule has 1 heterocycles. The van der Waals surface area contributed by atoms with Crippen LogP contribution in [-0.4, -0.2) is 22.1 Å². The molecule has 2 rings (SSSR count). The number of anilines is 3. The number of hydrazine groups is 1. The number of methoxy groups -OCH3 is 1. The molecule has 0 unspecified atom stereocenters. The van der Waals surface area contributed by atoms with Crippen LogP contribution in [-0.2, 0) is 0 Å². The van der Waals surface area contributed by atoms with E-state index in [4.69, 9.17) is 10.6 Å². The van der Waals surface area contributed by atoms with Gasteiger partial charge in [-0.15, -0.1) is 0 Å². The Morgan fingerprint density at radius 3 is 2.63 bits per heavy atom. The Bertz CT molecular complexity index is 569. The Balaban J connectivity index is 2.34. The summed E-state index contributed by atoms with van der Waals surface area (Å²) in [7, 11) is 1.47. The summed E-state index contributed by atoms with van der Waals surface area (Å²) in [6.07, 6.45) is 0. The van der Waals surface area contributed by atoms with Gasteiger partial charge in [0.2, 0.25) is 11.9 Å². The molecule has 0 spiro atoms. The average molecular weight is 325 g/mol. The van der Waals surface area contributed by atoms with Crippen molar-refractivity contribution in [3.63, 3.8) is 0 Å². The van der Waals surface area contributed by atoms with Crippen LogP contribution in [0.4, 0.5) is 17.6 Å². The van der Waals surface area contributed by atoms with Crippen molar-refractivity contribution in [3.05, 3.63) is 28.2 Å². The summed E-state index contributed by atoms with van der Waals surface area (Å²) in [5.74, 6) is 5.85. The van der Waals surface area contributed by atoms with Crippen LogP contribution in [0.5, 0.6) is 6.01 Å². The highest BCUT2D eigenvalue weighted by Crippen LogP contribution is 2.26. The lowest BCUT2D eigenvalue weighted by molar-refractivity contribution is 0.379. The van der Waals surface area contributed by atoms with Gasteiger partial charge in [-0.1, -0.05) is 6.07 Å². The lowest BCUT2D eigenvalue weighted by Crippen LogP contribution is -2.13. The molecular weight excluding hydrogens is 312 g/mol. The first-order valence-electron chi connectivity index (χ1n) is 5.42. The molecule has 19 heavy (non-hydrogen) atoms. The number of nitrogen functional groups attached to an aromatic ring is 1. The van der Waals surface area contributed by atoms with Crippen molar-refractivity contribution in [1.82, 2.24) is 15.0 Å². The summed E-state index contributed by atoms with van der Waals surface area (Å²) in [4.78, 5) is 12.1. The van der Waals surface area contributed by atoms with E-state index in [9.17, 15) is 0 Å². The van der Waals surface area contributed by atoms with Crippen molar-refractivity contribution < 1.29 is 4.74 Å². The zero-order chi connectivity index (χ0) is 13.8. The highest BCUT2D eigenvalue weighted by molar-refractivity contribution is 9.10. The number of hydrogen-bond donors (Lipinski definition) is 3. The SMILES string of the molecule is COc1nc(NN)nc(Nc2cc(C)ccc2Br)n1. The van der Waals surface area contributed by atoms with E-state index < -0.39 is 0 Å². The fourth-order valence-corrected chi connectivity index (χ4v) is 1.77. The average Bonchev–Trinajstić information content (AvgIpc) is 2.42. The summed E-state index contributed by atoms with van der Waals surface area (Å²) >= 11 is 3.45. The number of ether oxygens (including phenoxy) is 1. The molecule has 0 fully saturated rings. The molecule has 0 amide bonds. The van der Waals surface area contributed by atoms with Gasteiger partial charge >= 0.3 is 6.01 Å². The third-order valence-electron chi connectivity index (χ3n) is 2.29. The van der Waals surface area contributed by atoms with Gasteiger partial charge < -0.3 is 10.1 Å². The van der Waals surface area contributed by atoms with Gasteiger partial charge in [-0.05, 0) is 40.5 Å². The number of aromatic nitrogens is 3. The Kier molecular flexibility index (Phi) is 4.13. The second-order valence-electron chi connectivity index (χ2n) is 3.72. The summed E-state index contributed by atoms with van der Waals surface area (Å²) < 4.78 is 5.88. The van der Waals surface area contributed by atoms with Crippen LogP contribution in [0.25, 0.3) is 0 Å². The Labute approximate surface area is 118 Å². The van der Waals surface area contributed by atoms with Gasteiger partial charge in [0.1, 0.15) is 0 Å². The maximum absolute atomic E-state index is 5.29. The molecule has 0 bridgehead atoms. The molecule has 100 valence electrons. The molecule has 1 aromatic heterocycles. The molecule has 4 N–H and O–H groups in total. The third-order valence-corrected chi connectivity index (χ3v) is 2.99. The second-order valence-corrected chi connectivity index (χ2v) is 4.58. The number of benzene rings is 1. The topological polar surface area (TPSA) is 98.0 Å². The normalized spacial score (nSPS) is 10.1. The van der Waals surface area contributed by atoms with Crippen LogP contribution in [0.3, 0.4) is 0 Å². The lowest BCUT2D eigenvalue weighted by atomic mass is 10.2. The fraction of sp³-hybridized carbons (Fsp3) is 0.182. The van der Waals surface area contributed by atoms with E-state index in [2.05, 4.69) is 41.6 Å². The maximum Gasteiger partial charge on any atom is 0.322 e. The summed E-state index contributed by atoms with van der Waals surface area (Å²) in [6.45, 7) is 2.00. The zero-order valence-corrected chi connectivity index (χ0v) is 12.0. The van der Waals surface area contributed by atoms with Crippen LogP contribution in [0.15, 0.2) is 22.7 Å². The highest BCUT2D eigenvalue weighted by atomic mass is 79.9. The molecule has 8 heteroatoms. The molecule has 1 aromatic carbocycles. The molecule has 0 aliphatic carbocycles. The Morgan fingerprint density at radius 2 is 1.95 bits per heavy atom. The lowest BCUT2D eigenvalue weighted by Gasteiger charge is -2.09. The molecule has 2 aromatic rings. The Hall–Kier alpha value is -1.93. The van der Waals surface area contributed by atoms with Crippen LogP contribution >= 0.6 is 15.9 Å². The van der Waals surface area contributed by atoms with Gasteiger partial charge in [0.25, 0.3) is 0 Å². The van der Waals surface area contributed by atoms with Gasteiger partial charge in [0.15, 0.2) is 0 Å². The predicted molar refractivity (Wildman–Crippen MR) is 76.4 cm³/mol. The monoisotopic (exact) mass is 324 g/mol. The zero-order valence-electron chi connectivity index (χ0n) is 10.4. The van der Waals surface area contributed by atoms with Crippen molar-refractivity contribution in [3.8, 4) is 6.01 Å². The molecule has 0 radical (unpaired) electrons. The first-order chi connectivity index (χ1) is 9.12. The summed E-state index contributed by atoms with van der Waals surface area (Å²) in [5.41, 5.74) is 4.32. The van der Waals surface area contributed by atoms with Gasteiger partial charge in [0.05, 0.1) is 12.8 Å². The molecule has 0 aliphatic heterocycles. The first-order valence-corrected chi connectivity index (χ1v) is 6.21. The number of rotatable bonds is 4. The number of halogens is 1. The predicted octanol–water partition coefficient (Wildman–Crippen LogP) is 1.98. The van der Waals surface area contributed by atoms with Gasteiger partial charge in [-0.3, -0.25) is 5.43 Å². The van der Waals surface area contributed by atoms with Crippen LogP contribution in [0.2, 0.25) is 0 Å². The van der Waals surface area contributed by atoms with Gasteiger partial charge in [-0.2, -0.15) is 15.0 Å². The molecule has 0 aliphatic rings. The third kappa shape index (κ3) is 3.30. The first kappa shape index (κ1) is 13.5. The summed E-state index contributed by atoms with van der Waals surface area (Å²) in [5, 5.41) is 3.08. The molecular formula is C11H13BrN6O. The van der Waals surface area contributed by atoms with Crippen molar-refractivity contribution in [2.24, 2.45) is 5.84 Å². The van der Waals surface area contributed by atoms with Crippen molar-refractivity contribution >= 4 is 33.5 Å². The van der Waals surface area contributed by atoms with E-state index in [0.29, 0.717) is 5.95 Å². The van der Waals surface area contributed by atoms with Gasteiger partial charge in [-0.25, -0.2) is 5.84 Å². The van der Waals surface area contributed by atoms with E-state index in [1.54, 1.807) is 0 Å². The van der Waals surface area contributed by atoms with Crippen molar-refractivity contribution in [2.45, 2.75) is 6.92 Å². The van der Waals surface area contributed by atoms with Crippen LogP contribution < -0.4 is 21.3 Å². The van der Waals surface area contributed by atoms with E-state index in [1.165, 1.54) is 7.11 Å². The second kappa shape index (κ2) is 5.81. The molecule has 0 saturated heterocycles. The van der Waals surface area contributed by atoms with E-state index in [1.807, 2.05) is 25.1 Å². The number of nitrogens with two attached hydrogens (primary N) is 1. The van der Waals surface area contributed by atoms with E-state index in [0.717, 1.165) is 15.7 Å². The number of nitrogens with zero attached hydrogens (tertiary/aromatic N) is 3. The minimum absolute atomic E-state index is 0.175. The Morgan fingerprint density at radius 1 is 1.21 bits per heavy atom. The number of hydrogen-bond acceptors (Lipinski definition) is 7. The number of nitrogens with one attached hydrogen (secondary N) is 2. The van der Waals surface area contributed by atoms with Crippen LogP contribution in [0, 0.1) is 6.92 Å². The quantitative estimate of drug-likeness (QED) is 0.584. The van der Waals surface area contributed by atoms with E-state index in [-0.39, 0.29) is 12.0 Å². The summed E-state index contributed by atoms with van der Waals surface area (Å²) in [6, 6.07) is 6.08. The minimum atomic E-state index is 0.175. The van der Waals surface area contributed by atoms with Crippen molar-refractivity contribution in [1.29, 1.82) is 0 Å². The largest absolute Gasteiger partial charge is 0.467 e. The molecule has 0 atom stereocenters. The van der Waals surface area contributed by atoms with Crippen LogP contribution in [0.1, 0.15) is 5.56 Å². The van der Waals surface area contributed by atoms with E-state index >= 15 is 0 Å². The fourth-order valence-electron chi connectivity index (χ4n) is 1.42. The maximum atomic E-state index is 5.29.